The second-order valence-corrected chi connectivity index (χ2v) is 4.24. The zero-order chi connectivity index (χ0) is 12.3. The zero-order valence-electron chi connectivity index (χ0n) is 10.0. The summed E-state index contributed by atoms with van der Waals surface area (Å²) in [6.45, 7) is 6.38. The second kappa shape index (κ2) is 5.27. The van der Waals surface area contributed by atoms with Crippen molar-refractivity contribution in [3.05, 3.63) is 35.6 Å². The number of amides is 1. The van der Waals surface area contributed by atoms with Crippen LogP contribution in [0.25, 0.3) is 0 Å². The van der Waals surface area contributed by atoms with E-state index in [-0.39, 0.29) is 11.7 Å². The fourth-order valence-electron chi connectivity index (χ4n) is 2.07. The Hall–Kier alpha value is -1.42. The van der Waals surface area contributed by atoms with Crippen LogP contribution in [0.5, 0.6) is 0 Å². The fourth-order valence-corrected chi connectivity index (χ4v) is 2.07. The molecule has 2 rings (SSSR count). The maximum atomic E-state index is 13.0. The van der Waals surface area contributed by atoms with E-state index in [4.69, 9.17) is 0 Å². The minimum atomic E-state index is -0.358. The third-order valence-electron chi connectivity index (χ3n) is 3.18. The molecule has 1 heterocycles. The molecule has 0 unspecified atom stereocenters. The average molecular weight is 236 g/mol. The molecule has 0 atom stereocenters. The van der Waals surface area contributed by atoms with E-state index in [1.54, 1.807) is 17.0 Å². The van der Waals surface area contributed by atoms with Gasteiger partial charge in [0.15, 0.2) is 0 Å². The van der Waals surface area contributed by atoms with Crippen molar-refractivity contribution in [2.75, 3.05) is 32.7 Å². The molecule has 0 radical (unpaired) electrons. The Kier molecular flexibility index (Phi) is 3.74. The first-order valence-electron chi connectivity index (χ1n) is 5.98. The lowest BCUT2D eigenvalue weighted by atomic mass is 10.2. The summed E-state index contributed by atoms with van der Waals surface area (Å²) in [4.78, 5) is 16.2. The van der Waals surface area contributed by atoms with Crippen molar-refractivity contribution in [3.63, 3.8) is 0 Å². The van der Waals surface area contributed by atoms with Gasteiger partial charge in [0.1, 0.15) is 5.82 Å². The molecular formula is C13H17FN2O. The number of hydrogen-bond donors (Lipinski definition) is 0. The van der Waals surface area contributed by atoms with Crippen molar-refractivity contribution in [2.45, 2.75) is 6.92 Å². The number of halogens is 1. The monoisotopic (exact) mass is 236 g/mol. The van der Waals surface area contributed by atoms with Crippen molar-refractivity contribution in [3.8, 4) is 0 Å². The Morgan fingerprint density at radius 1 is 1.29 bits per heavy atom. The largest absolute Gasteiger partial charge is 0.336 e. The molecule has 17 heavy (non-hydrogen) atoms. The normalized spacial score (nSPS) is 17.2. The van der Waals surface area contributed by atoms with Gasteiger partial charge in [-0.3, -0.25) is 4.79 Å². The van der Waals surface area contributed by atoms with E-state index in [1.165, 1.54) is 12.1 Å². The fraction of sp³-hybridized carbons (Fsp3) is 0.462. The van der Waals surface area contributed by atoms with Gasteiger partial charge in [-0.05, 0) is 24.7 Å². The van der Waals surface area contributed by atoms with Gasteiger partial charge in [0, 0.05) is 31.7 Å². The molecule has 0 spiro atoms. The molecule has 4 heteroatoms. The lowest BCUT2D eigenvalue weighted by molar-refractivity contribution is 0.0643. The van der Waals surface area contributed by atoms with E-state index in [0.717, 1.165) is 32.7 Å². The highest BCUT2D eigenvalue weighted by atomic mass is 19.1. The first-order chi connectivity index (χ1) is 8.20. The van der Waals surface area contributed by atoms with Gasteiger partial charge >= 0.3 is 0 Å². The van der Waals surface area contributed by atoms with E-state index in [9.17, 15) is 9.18 Å². The Bertz CT molecular complexity index is 400. The molecule has 1 saturated heterocycles. The predicted octanol–water partition coefficient (Wildman–Crippen LogP) is 1.60. The van der Waals surface area contributed by atoms with Crippen LogP contribution in [0.2, 0.25) is 0 Å². The Balaban J connectivity index is 2.02. The van der Waals surface area contributed by atoms with Crippen LogP contribution in [0.3, 0.4) is 0 Å². The van der Waals surface area contributed by atoms with Crippen molar-refractivity contribution >= 4 is 5.91 Å². The summed E-state index contributed by atoms with van der Waals surface area (Å²) in [5.74, 6) is -0.428. The number of piperazine rings is 1. The molecule has 1 aromatic carbocycles. The molecule has 1 fully saturated rings. The van der Waals surface area contributed by atoms with Crippen LogP contribution in [0.15, 0.2) is 24.3 Å². The van der Waals surface area contributed by atoms with E-state index in [1.807, 2.05) is 0 Å². The third-order valence-corrected chi connectivity index (χ3v) is 3.18. The molecule has 0 aliphatic carbocycles. The van der Waals surface area contributed by atoms with Gasteiger partial charge in [-0.2, -0.15) is 0 Å². The van der Waals surface area contributed by atoms with Crippen molar-refractivity contribution < 1.29 is 9.18 Å². The SMILES string of the molecule is CCN1CCN(C(=O)c2cccc(F)c2)CC1. The Labute approximate surface area is 101 Å². The summed E-state index contributed by atoms with van der Waals surface area (Å²) in [7, 11) is 0. The number of carbonyl (C=O) groups excluding carboxylic acids is 1. The summed E-state index contributed by atoms with van der Waals surface area (Å²) in [6.07, 6.45) is 0. The summed E-state index contributed by atoms with van der Waals surface area (Å²) < 4.78 is 13.0. The van der Waals surface area contributed by atoms with E-state index in [0.29, 0.717) is 5.56 Å². The van der Waals surface area contributed by atoms with Crippen LogP contribution in [0.1, 0.15) is 17.3 Å². The molecule has 0 saturated carbocycles. The van der Waals surface area contributed by atoms with E-state index < -0.39 is 0 Å². The quantitative estimate of drug-likeness (QED) is 0.778. The van der Waals surface area contributed by atoms with Gasteiger partial charge in [0.25, 0.3) is 5.91 Å². The van der Waals surface area contributed by atoms with Gasteiger partial charge in [0.05, 0.1) is 0 Å². The van der Waals surface area contributed by atoms with Gasteiger partial charge in [-0.15, -0.1) is 0 Å². The molecule has 92 valence electrons. The highest BCUT2D eigenvalue weighted by Crippen LogP contribution is 2.10. The predicted molar refractivity (Wildman–Crippen MR) is 64.4 cm³/mol. The van der Waals surface area contributed by atoms with Gasteiger partial charge in [0.2, 0.25) is 0 Å². The first-order valence-corrected chi connectivity index (χ1v) is 5.98. The lowest BCUT2D eigenvalue weighted by Gasteiger charge is -2.34. The molecule has 0 N–H and O–H groups in total. The molecule has 1 amide bonds. The molecule has 1 aliphatic rings. The third kappa shape index (κ3) is 2.82. The topological polar surface area (TPSA) is 23.6 Å². The maximum Gasteiger partial charge on any atom is 0.254 e. The number of nitrogens with zero attached hydrogens (tertiary/aromatic N) is 2. The minimum absolute atomic E-state index is 0.0692. The number of hydrogen-bond acceptors (Lipinski definition) is 2. The summed E-state index contributed by atoms with van der Waals surface area (Å²) in [6, 6.07) is 5.89. The average Bonchev–Trinajstić information content (AvgIpc) is 2.38. The summed E-state index contributed by atoms with van der Waals surface area (Å²) >= 11 is 0. The van der Waals surface area contributed by atoms with Gasteiger partial charge in [-0.25, -0.2) is 4.39 Å². The first kappa shape index (κ1) is 12.0. The molecule has 3 nitrogen and oxygen atoms in total. The van der Waals surface area contributed by atoms with Crippen LogP contribution in [0, 0.1) is 5.82 Å². The van der Waals surface area contributed by atoms with Crippen LogP contribution < -0.4 is 0 Å². The number of likely N-dealkylation sites (N-methyl/N-ethyl adjacent to an activating group) is 1. The van der Waals surface area contributed by atoms with Crippen LogP contribution in [-0.2, 0) is 0 Å². The standard InChI is InChI=1S/C13H17FN2O/c1-2-15-6-8-16(9-7-15)13(17)11-4-3-5-12(14)10-11/h3-5,10H,2,6-9H2,1H3. The summed E-state index contributed by atoms with van der Waals surface area (Å²) in [5.41, 5.74) is 0.440. The number of rotatable bonds is 2. The van der Waals surface area contributed by atoms with Crippen molar-refractivity contribution in [1.82, 2.24) is 9.80 Å². The number of benzene rings is 1. The number of carbonyl (C=O) groups is 1. The molecule has 1 aromatic rings. The smallest absolute Gasteiger partial charge is 0.254 e. The Morgan fingerprint density at radius 3 is 2.59 bits per heavy atom. The van der Waals surface area contributed by atoms with Crippen LogP contribution in [-0.4, -0.2) is 48.4 Å². The van der Waals surface area contributed by atoms with Crippen molar-refractivity contribution in [2.24, 2.45) is 0 Å². The second-order valence-electron chi connectivity index (χ2n) is 4.24. The molecule has 0 bridgehead atoms. The van der Waals surface area contributed by atoms with Crippen LogP contribution in [0.4, 0.5) is 4.39 Å². The van der Waals surface area contributed by atoms with Gasteiger partial charge < -0.3 is 9.80 Å². The minimum Gasteiger partial charge on any atom is -0.336 e. The van der Waals surface area contributed by atoms with Crippen LogP contribution >= 0.6 is 0 Å². The Morgan fingerprint density at radius 2 is 2.00 bits per heavy atom. The molecular weight excluding hydrogens is 219 g/mol. The zero-order valence-corrected chi connectivity index (χ0v) is 10.0. The van der Waals surface area contributed by atoms with Crippen molar-refractivity contribution in [1.29, 1.82) is 0 Å². The maximum absolute atomic E-state index is 13.0. The highest BCUT2D eigenvalue weighted by Gasteiger charge is 2.21. The van der Waals surface area contributed by atoms with E-state index >= 15 is 0 Å². The lowest BCUT2D eigenvalue weighted by Crippen LogP contribution is -2.48. The highest BCUT2D eigenvalue weighted by molar-refractivity contribution is 5.94. The van der Waals surface area contributed by atoms with E-state index in [2.05, 4.69) is 11.8 Å². The summed E-state index contributed by atoms with van der Waals surface area (Å²) in [5, 5.41) is 0. The molecule has 0 aromatic heterocycles. The molecule has 1 aliphatic heterocycles. The van der Waals surface area contributed by atoms with Gasteiger partial charge in [-0.1, -0.05) is 13.0 Å².